The first-order valence-corrected chi connectivity index (χ1v) is 5.70. The lowest BCUT2D eigenvalue weighted by atomic mass is 9.58. The molecule has 0 aromatic rings. The van der Waals surface area contributed by atoms with Crippen LogP contribution in [0.2, 0.25) is 0 Å². The highest BCUT2D eigenvalue weighted by molar-refractivity contribution is 5.64. The van der Waals surface area contributed by atoms with Gasteiger partial charge in [0, 0.05) is 5.41 Å². The third-order valence-corrected chi connectivity index (χ3v) is 4.14. The summed E-state index contributed by atoms with van der Waals surface area (Å²) in [4.78, 5) is 0. The zero-order chi connectivity index (χ0) is 9.17. The molecule has 14 heavy (non-hydrogen) atoms. The molecule has 0 saturated heterocycles. The van der Waals surface area contributed by atoms with Crippen molar-refractivity contribution in [2.45, 2.75) is 32.1 Å². The van der Waals surface area contributed by atoms with Crippen LogP contribution in [0.5, 0.6) is 0 Å². The van der Waals surface area contributed by atoms with Gasteiger partial charge in [-0.15, -0.1) is 0 Å². The van der Waals surface area contributed by atoms with Gasteiger partial charge in [0.1, 0.15) is 0 Å². The van der Waals surface area contributed by atoms with Crippen molar-refractivity contribution in [1.29, 1.82) is 0 Å². The van der Waals surface area contributed by atoms with Crippen molar-refractivity contribution >= 4 is 0 Å². The normalized spacial score (nSPS) is 37.1. The van der Waals surface area contributed by atoms with E-state index in [2.05, 4.69) is 24.3 Å². The fourth-order valence-electron chi connectivity index (χ4n) is 2.97. The average Bonchev–Trinajstić information content (AvgIpc) is 2.82. The minimum atomic E-state index is 0.445. The van der Waals surface area contributed by atoms with Gasteiger partial charge in [0.15, 0.2) is 0 Å². The zero-order valence-electron chi connectivity index (χ0n) is 8.34. The molecule has 0 saturated carbocycles. The van der Waals surface area contributed by atoms with Gasteiger partial charge in [0.25, 0.3) is 0 Å². The Balaban J connectivity index is 1.80. The van der Waals surface area contributed by atoms with Gasteiger partial charge in [-0.05, 0) is 43.3 Å². The van der Waals surface area contributed by atoms with Crippen LogP contribution in [0.25, 0.3) is 0 Å². The lowest BCUT2D eigenvalue weighted by Crippen LogP contribution is -2.33. The Morgan fingerprint density at radius 3 is 2.07 bits per heavy atom. The minimum Gasteiger partial charge on any atom is -0.0838 e. The molecule has 1 atom stereocenters. The van der Waals surface area contributed by atoms with Crippen LogP contribution in [0, 0.1) is 5.41 Å². The molecule has 4 aliphatic rings. The van der Waals surface area contributed by atoms with Crippen LogP contribution >= 0.6 is 0 Å². The smallest absolute Gasteiger partial charge is 0.0408 e. The Kier molecular flexibility index (Phi) is 1.11. The molecular formula is C14H14. The van der Waals surface area contributed by atoms with Crippen LogP contribution in [0.3, 0.4) is 0 Å². The van der Waals surface area contributed by atoms with Crippen LogP contribution in [-0.4, -0.2) is 0 Å². The molecule has 0 radical (unpaired) electrons. The second-order valence-corrected chi connectivity index (χ2v) is 4.86. The van der Waals surface area contributed by atoms with E-state index in [1.807, 2.05) is 0 Å². The Hall–Kier alpha value is -1.04. The van der Waals surface area contributed by atoms with E-state index < -0.39 is 0 Å². The lowest BCUT2D eigenvalue weighted by Gasteiger charge is -2.45. The predicted molar refractivity (Wildman–Crippen MR) is 57.9 cm³/mol. The summed E-state index contributed by atoms with van der Waals surface area (Å²) in [7, 11) is 0. The van der Waals surface area contributed by atoms with Gasteiger partial charge in [-0.1, -0.05) is 35.5 Å². The third kappa shape index (κ3) is 0.716. The summed E-state index contributed by atoms with van der Waals surface area (Å²) in [6.45, 7) is 0. The van der Waals surface area contributed by atoms with Crippen molar-refractivity contribution < 1.29 is 0 Å². The van der Waals surface area contributed by atoms with Crippen LogP contribution in [0.15, 0.2) is 46.6 Å². The summed E-state index contributed by atoms with van der Waals surface area (Å²) in [5, 5.41) is 0. The van der Waals surface area contributed by atoms with Gasteiger partial charge in [-0.2, -0.15) is 0 Å². The van der Waals surface area contributed by atoms with Gasteiger partial charge in [-0.3, -0.25) is 0 Å². The summed E-state index contributed by atoms with van der Waals surface area (Å²) >= 11 is 0. The molecule has 1 unspecified atom stereocenters. The van der Waals surface area contributed by atoms with Crippen LogP contribution in [-0.2, 0) is 0 Å². The highest BCUT2D eigenvalue weighted by Gasteiger charge is 2.50. The van der Waals surface area contributed by atoms with E-state index in [9.17, 15) is 0 Å². The Morgan fingerprint density at radius 1 is 0.929 bits per heavy atom. The monoisotopic (exact) mass is 182 g/mol. The Morgan fingerprint density at radius 2 is 1.71 bits per heavy atom. The van der Waals surface area contributed by atoms with Crippen LogP contribution in [0.4, 0.5) is 0 Å². The van der Waals surface area contributed by atoms with Gasteiger partial charge in [0.05, 0.1) is 0 Å². The molecule has 4 aliphatic carbocycles. The van der Waals surface area contributed by atoms with E-state index in [0.29, 0.717) is 5.41 Å². The summed E-state index contributed by atoms with van der Waals surface area (Å²) < 4.78 is 0. The molecule has 0 bridgehead atoms. The fourth-order valence-corrected chi connectivity index (χ4v) is 2.97. The van der Waals surface area contributed by atoms with Crippen molar-refractivity contribution in [1.82, 2.24) is 0 Å². The maximum absolute atomic E-state index is 2.47. The quantitative estimate of drug-likeness (QED) is 0.584. The van der Waals surface area contributed by atoms with Crippen molar-refractivity contribution in [3.8, 4) is 0 Å². The number of hydrogen-bond acceptors (Lipinski definition) is 0. The molecule has 0 fully saturated rings. The molecule has 0 aromatic heterocycles. The highest BCUT2D eigenvalue weighted by Crippen LogP contribution is 2.63. The SMILES string of the molecule is C1=C(C2=CCC2(C2=CC2)C2=CCC2)C1. The third-order valence-electron chi connectivity index (χ3n) is 4.14. The van der Waals surface area contributed by atoms with E-state index in [-0.39, 0.29) is 0 Å². The molecule has 0 N–H and O–H groups in total. The van der Waals surface area contributed by atoms with E-state index in [0.717, 1.165) is 0 Å². The summed E-state index contributed by atoms with van der Waals surface area (Å²) in [6, 6.07) is 0. The average molecular weight is 182 g/mol. The van der Waals surface area contributed by atoms with E-state index in [1.54, 1.807) is 22.3 Å². The second kappa shape index (κ2) is 2.13. The number of allylic oxidation sites excluding steroid dienone is 8. The predicted octanol–water partition coefficient (Wildman–Crippen LogP) is 3.68. The topological polar surface area (TPSA) is 0 Å². The van der Waals surface area contributed by atoms with Gasteiger partial charge < -0.3 is 0 Å². The molecule has 0 nitrogen and oxygen atoms in total. The standard InChI is InChI=1S/C14H14/c1-2-11(3-1)14(12-6-7-12)9-8-13(14)10-4-5-10/h2,4,6,8H,1,3,5,7,9H2. The molecule has 0 heteroatoms. The van der Waals surface area contributed by atoms with Gasteiger partial charge >= 0.3 is 0 Å². The largest absolute Gasteiger partial charge is 0.0838 e. The summed E-state index contributed by atoms with van der Waals surface area (Å²) in [6.07, 6.45) is 16.2. The first-order valence-electron chi connectivity index (χ1n) is 5.70. The summed E-state index contributed by atoms with van der Waals surface area (Å²) in [5.74, 6) is 0. The maximum atomic E-state index is 2.47. The van der Waals surface area contributed by atoms with Crippen molar-refractivity contribution in [3.05, 3.63) is 46.6 Å². The zero-order valence-corrected chi connectivity index (χ0v) is 8.34. The van der Waals surface area contributed by atoms with E-state index in [4.69, 9.17) is 0 Å². The Labute approximate surface area is 84.7 Å². The molecule has 0 aromatic carbocycles. The van der Waals surface area contributed by atoms with Crippen LogP contribution in [0.1, 0.15) is 32.1 Å². The first-order chi connectivity index (χ1) is 6.91. The minimum absolute atomic E-state index is 0.445. The van der Waals surface area contributed by atoms with Crippen LogP contribution < -0.4 is 0 Å². The van der Waals surface area contributed by atoms with Crippen molar-refractivity contribution in [3.63, 3.8) is 0 Å². The molecule has 0 heterocycles. The van der Waals surface area contributed by atoms with E-state index >= 15 is 0 Å². The van der Waals surface area contributed by atoms with Crippen molar-refractivity contribution in [2.24, 2.45) is 5.41 Å². The second-order valence-electron chi connectivity index (χ2n) is 4.86. The molecule has 0 aliphatic heterocycles. The van der Waals surface area contributed by atoms with Crippen molar-refractivity contribution in [2.75, 3.05) is 0 Å². The fraction of sp³-hybridized carbons (Fsp3) is 0.429. The Bertz CT molecular complexity index is 443. The first kappa shape index (κ1) is 7.28. The van der Waals surface area contributed by atoms with E-state index in [1.165, 1.54) is 32.1 Å². The van der Waals surface area contributed by atoms with Gasteiger partial charge in [0.2, 0.25) is 0 Å². The number of hydrogen-bond donors (Lipinski definition) is 0. The molecule has 70 valence electrons. The highest BCUT2D eigenvalue weighted by atomic mass is 14.5. The maximum Gasteiger partial charge on any atom is 0.0408 e. The van der Waals surface area contributed by atoms with Gasteiger partial charge in [-0.25, -0.2) is 0 Å². The number of rotatable bonds is 3. The molecule has 4 rings (SSSR count). The molecule has 0 amide bonds. The summed E-state index contributed by atoms with van der Waals surface area (Å²) in [5.41, 5.74) is 7.20. The lowest BCUT2D eigenvalue weighted by molar-refractivity contribution is 0.449. The molecule has 0 spiro atoms. The molecular weight excluding hydrogens is 168 g/mol.